The quantitative estimate of drug-likeness (QED) is 0.848. The van der Waals surface area contributed by atoms with E-state index in [1.54, 1.807) is 12.4 Å². The summed E-state index contributed by atoms with van der Waals surface area (Å²) in [6.45, 7) is 0.780. The van der Waals surface area contributed by atoms with Crippen molar-refractivity contribution >= 4 is 0 Å². The maximum Gasteiger partial charge on any atom is 0.135 e. The third kappa shape index (κ3) is 2.31. The molecule has 2 atom stereocenters. The number of ether oxygens (including phenoxy) is 1. The second kappa shape index (κ2) is 5.02. The number of aliphatic hydroxyl groups is 1. The Hall–Kier alpha value is -0.870. The molecule has 1 aromatic rings. The normalized spacial score (nSPS) is 29.3. The summed E-state index contributed by atoms with van der Waals surface area (Å²) in [5.74, 6) is 0.982. The van der Waals surface area contributed by atoms with Crippen LogP contribution in [0, 0.1) is 5.92 Å². The highest BCUT2D eigenvalue weighted by molar-refractivity contribution is 4.98. The van der Waals surface area contributed by atoms with Gasteiger partial charge in [0.15, 0.2) is 0 Å². The molecule has 0 radical (unpaired) electrons. The summed E-state index contributed by atoms with van der Waals surface area (Å²) in [5, 5.41) is 10.4. The van der Waals surface area contributed by atoms with E-state index >= 15 is 0 Å². The number of hydrogen-bond acceptors (Lipinski definition) is 3. The number of H-pyrrole nitrogens is 1. The summed E-state index contributed by atoms with van der Waals surface area (Å²) in [6.07, 6.45) is 11.1. The molecule has 1 aliphatic heterocycles. The van der Waals surface area contributed by atoms with Crippen molar-refractivity contribution in [3.8, 4) is 0 Å². The number of aliphatic hydroxyl groups excluding tert-OH is 1. The topological polar surface area (TPSA) is 58.1 Å². The van der Waals surface area contributed by atoms with Gasteiger partial charge in [0.2, 0.25) is 0 Å². The van der Waals surface area contributed by atoms with E-state index in [1.807, 2.05) is 0 Å². The van der Waals surface area contributed by atoms with E-state index < -0.39 is 6.10 Å². The number of nitrogens with one attached hydrogen (secondary N) is 1. The van der Waals surface area contributed by atoms with Gasteiger partial charge in [-0.25, -0.2) is 4.98 Å². The molecule has 18 heavy (non-hydrogen) atoms. The number of aromatic nitrogens is 2. The van der Waals surface area contributed by atoms with Crippen LogP contribution in [-0.2, 0) is 4.74 Å². The van der Waals surface area contributed by atoms with Crippen LogP contribution < -0.4 is 0 Å². The number of hydrogen-bond donors (Lipinski definition) is 2. The molecule has 0 aromatic carbocycles. The molecule has 2 fully saturated rings. The molecular formula is C14H22N2O2. The maximum absolute atomic E-state index is 10.4. The molecule has 1 aromatic heterocycles. The minimum atomic E-state index is -0.470. The van der Waals surface area contributed by atoms with Gasteiger partial charge in [0, 0.05) is 19.0 Å². The fourth-order valence-corrected chi connectivity index (χ4v) is 3.54. The van der Waals surface area contributed by atoms with E-state index in [1.165, 1.54) is 19.3 Å². The summed E-state index contributed by atoms with van der Waals surface area (Å²) in [7, 11) is 0. The predicted molar refractivity (Wildman–Crippen MR) is 68.0 cm³/mol. The average Bonchev–Trinajstić information content (AvgIpc) is 2.93. The Morgan fingerprint density at radius 1 is 1.39 bits per heavy atom. The number of rotatable bonds is 2. The highest BCUT2D eigenvalue weighted by Crippen LogP contribution is 2.43. The molecule has 4 nitrogen and oxygen atoms in total. The molecule has 100 valence electrons. The van der Waals surface area contributed by atoms with Crippen molar-refractivity contribution in [2.24, 2.45) is 5.92 Å². The van der Waals surface area contributed by atoms with Gasteiger partial charge in [-0.1, -0.05) is 19.3 Å². The lowest BCUT2D eigenvalue weighted by molar-refractivity contribution is -0.134. The minimum absolute atomic E-state index is 0.0503. The number of aromatic amines is 1. The van der Waals surface area contributed by atoms with Gasteiger partial charge >= 0.3 is 0 Å². The predicted octanol–water partition coefficient (Wildman–Crippen LogP) is 2.57. The van der Waals surface area contributed by atoms with Crippen LogP contribution in [0.1, 0.15) is 56.9 Å². The second-order valence-corrected chi connectivity index (χ2v) is 5.76. The molecule has 3 rings (SSSR count). The SMILES string of the molecule is OC(c1ncc[nH]1)C1CCOC2(CCCCC2)C1. The van der Waals surface area contributed by atoms with E-state index in [0.717, 1.165) is 32.3 Å². The van der Waals surface area contributed by atoms with Gasteiger partial charge in [-0.15, -0.1) is 0 Å². The average molecular weight is 250 g/mol. The van der Waals surface area contributed by atoms with Gasteiger partial charge in [-0.2, -0.15) is 0 Å². The van der Waals surface area contributed by atoms with E-state index in [2.05, 4.69) is 9.97 Å². The van der Waals surface area contributed by atoms with Crippen molar-refractivity contribution in [1.82, 2.24) is 9.97 Å². The minimum Gasteiger partial charge on any atom is -0.385 e. The first kappa shape index (κ1) is 12.2. The summed E-state index contributed by atoms with van der Waals surface area (Å²) in [5.41, 5.74) is 0.0503. The Balaban J connectivity index is 1.70. The fraction of sp³-hybridized carbons (Fsp3) is 0.786. The van der Waals surface area contributed by atoms with Crippen LogP contribution in [0.4, 0.5) is 0 Å². The number of nitrogens with zero attached hydrogens (tertiary/aromatic N) is 1. The van der Waals surface area contributed by atoms with Crippen molar-refractivity contribution < 1.29 is 9.84 Å². The Morgan fingerprint density at radius 2 is 2.22 bits per heavy atom. The molecule has 2 unspecified atom stereocenters. The molecule has 0 amide bonds. The van der Waals surface area contributed by atoms with Gasteiger partial charge in [-0.3, -0.25) is 0 Å². The fourth-order valence-electron chi connectivity index (χ4n) is 3.54. The Bertz CT molecular complexity index is 366. The zero-order valence-electron chi connectivity index (χ0n) is 10.8. The van der Waals surface area contributed by atoms with Gasteiger partial charge in [-0.05, 0) is 31.6 Å². The monoisotopic (exact) mass is 250 g/mol. The summed E-state index contributed by atoms with van der Waals surface area (Å²) in [6, 6.07) is 0. The lowest BCUT2D eigenvalue weighted by Crippen LogP contribution is -2.43. The second-order valence-electron chi connectivity index (χ2n) is 5.76. The molecule has 0 bridgehead atoms. The first-order valence-electron chi connectivity index (χ1n) is 7.10. The largest absolute Gasteiger partial charge is 0.385 e. The van der Waals surface area contributed by atoms with Crippen molar-refractivity contribution in [1.29, 1.82) is 0 Å². The van der Waals surface area contributed by atoms with Gasteiger partial charge in [0.05, 0.1) is 5.60 Å². The van der Waals surface area contributed by atoms with Crippen LogP contribution in [-0.4, -0.2) is 27.3 Å². The first-order valence-corrected chi connectivity index (χ1v) is 7.10. The van der Waals surface area contributed by atoms with E-state index in [-0.39, 0.29) is 11.5 Å². The molecule has 1 saturated heterocycles. The lowest BCUT2D eigenvalue weighted by atomic mass is 9.74. The zero-order valence-corrected chi connectivity index (χ0v) is 10.8. The lowest BCUT2D eigenvalue weighted by Gasteiger charge is -2.44. The van der Waals surface area contributed by atoms with Gasteiger partial charge in [0.1, 0.15) is 11.9 Å². The maximum atomic E-state index is 10.4. The molecule has 1 aliphatic carbocycles. The van der Waals surface area contributed by atoms with Crippen LogP contribution in [0.5, 0.6) is 0 Å². The third-order valence-electron chi connectivity index (χ3n) is 4.54. The van der Waals surface area contributed by atoms with Crippen LogP contribution in [0.15, 0.2) is 12.4 Å². The molecule has 2 heterocycles. The van der Waals surface area contributed by atoms with Crippen LogP contribution >= 0.6 is 0 Å². The van der Waals surface area contributed by atoms with E-state index in [4.69, 9.17) is 4.74 Å². The van der Waals surface area contributed by atoms with Crippen molar-refractivity contribution in [2.45, 2.75) is 56.7 Å². The van der Waals surface area contributed by atoms with Crippen molar-refractivity contribution in [3.05, 3.63) is 18.2 Å². The van der Waals surface area contributed by atoms with Crippen molar-refractivity contribution in [2.75, 3.05) is 6.61 Å². The Morgan fingerprint density at radius 3 is 2.94 bits per heavy atom. The molecule has 1 saturated carbocycles. The third-order valence-corrected chi connectivity index (χ3v) is 4.54. The van der Waals surface area contributed by atoms with E-state index in [0.29, 0.717) is 5.82 Å². The summed E-state index contributed by atoms with van der Waals surface area (Å²) in [4.78, 5) is 7.20. The molecule has 1 spiro atoms. The summed E-state index contributed by atoms with van der Waals surface area (Å²) < 4.78 is 6.06. The molecule has 4 heteroatoms. The highest BCUT2D eigenvalue weighted by atomic mass is 16.5. The van der Waals surface area contributed by atoms with Crippen LogP contribution in [0.25, 0.3) is 0 Å². The molecule has 2 aliphatic rings. The molecular weight excluding hydrogens is 228 g/mol. The Kier molecular flexibility index (Phi) is 3.39. The first-order chi connectivity index (χ1) is 8.79. The molecule has 2 N–H and O–H groups in total. The van der Waals surface area contributed by atoms with Gasteiger partial charge in [0.25, 0.3) is 0 Å². The highest BCUT2D eigenvalue weighted by Gasteiger charge is 2.41. The summed E-state index contributed by atoms with van der Waals surface area (Å²) >= 11 is 0. The zero-order chi connectivity index (χ0) is 12.4. The van der Waals surface area contributed by atoms with Crippen molar-refractivity contribution in [3.63, 3.8) is 0 Å². The van der Waals surface area contributed by atoms with E-state index in [9.17, 15) is 5.11 Å². The number of imidazole rings is 1. The van der Waals surface area contributed by atoms with Crippen LogP contribution in [0.2, 0.25) is 0 Å². The smallest absolute Gasteiger partial charge is 0.135 e. The Labute approximate surface area is 108 Å². The van der Waals surface area contributed by atoms with Gasteiger partial charge < -0.3 is 14.8 Å². The standard InChI is InChI=1S/C14H22N2O2/c17-12(13-15-7-8-16-13)11-4-9-18-14(10-11)5-2-1-3-6-14/h7-8,11-12,17H,1-6,9-10H2,(H,15,16). The van der Waals surface area contributed by atoms with Crippen LogP contribution in [0.3, 0.4) is 0 Å².